The largest absolute Gasteiger partial charge is 0.479 e. The maximum Gasteiger partial charge on any atom is 0.260 e. The Morgan fingerprint density at radius 2 is 2.33 bits per heavy atom. The van der Waals surface area contributed by atoms with E-state index in [1.54, 1.807) is 25.1 Å². The Labute approximate surface area is 135 Å². The lowest BCUT2D eigenvalue weighted by Crippen LogP contribution is -2.37. The molecule has 2 N–H and O–H groups in total. The molecule has 1 heterocycles. The predicted octanol–water partition coefficient (Wildman–Crippen LogP) is 2.88. The zero-order chi connectivity index (χ0) is 15.2. The van der Waals surface area contributed by atoms with Gasteiger partial charge in [-0.15, -0.1) is 0 Å². The molecule has 6 heteroatoms. The SMILES string of the molecule is CC(Oc1ccc(Cl)cc1Cl)C(=O)NCCC1CCNC1. The molecule has 1 aliphatic heterocycles. The normalized spacial score (nSPS) is 19.3. The highest BCUT2D eigenvalue weighted by molar-refractivity contribution is 6.35. The molecular weight excluding hydrogens is 311 g/mol. The van der Waals surface area contributed by atoms with Crippen LogP contribution in [0.5, 0.6) is 5.75 Å². The molecule has 0 radical (unpaired) electrons. The molecule has 1 aliphatic rings. The Kier molecular flexibility index (Phi) is 6.15. The molecule has 116 valence electrons. The molecule has 2 atom stereocenters. The van der Waals surface area contributed by atoms with Crippen molar-refractivity contribution >= 4 is 29.1 Å². The third-order valence-corrected chi connectivity index (χ3v) is 4.11. The highest BCUT2D eigenvalue weighted by Crippen LogP contribution is 2.28. The molecule has 0 aromatic heterocycles. The number of ether oxygens (including phenoxy) is 1. The van der Waals surface area contributed by atoms with Gasteiger partial charge < -0.3 is 15.4 Å². The second-order valence-electron chi connectivity index (χ2n) is 5.27. The van der Waals surface area contributed by atoms with Gasteiger partial charge in [0.2, 0.25) is 0 Å². The third kappa shape index (κ3) is 5.06. The molecule has 2 unspecified atom stereocenters. The second kappa shape index (κ2) is 7.87. The fraction of sp³-hybridized carbons (Fsp3) is 0.533. The Bertz CT molecular complexity index is 491. The summed E-state index contributed by atoms with van der Waals surface area (Å²) in [6.45, 7) is 4.50. The average Bonchev–Trinajstić information content (AvgIpc) is 2.95. The van der Waals surface area contributed by atoms with Gasteiger partial charge in [0.05, 0.1) is 5.02 Å². The van der Waals surface area contributed by atoms with Crippen molar-refractivity contribution in [2.75, 3.05) is 19.6 Å². The van der Waals surface area contributed by atoms with Crippen molar-refractivity contribution in [1.82, 2.24) is 10.6 Å². The van der Waals surface area contributed by atoms with E-state index in [1.807, 2.05) is 0 Å². The van der Waals surface area contributed by atoms with Gasteiger partial charge >= 0.3 is 0 Å². The van der Waals surface area contributed by atoms with E-state index in [-0.39, 0.29) is 5.91 Å². The molecule has 4 nitrogen and oxygen atoms in total. The molecule has 1 amide bonds. The molecule has 1 fully saturated rings. The minimum Gasteiger partial charge on any atom is -0.479 e. The molecule has 1 aromatic rings. The lowest BCUT2D eigenvalue weighted by molar-refractivity contribution is -0.127. The summed E-state index contributed by atoms with van der Waals surface area (Å²) in [6.07, 6.45) is 1.58. The topological polar surface area (TPSA) is 50.4 Å². The Hall–Kier alpha value is -0.970. The summed E-state index contributed by atoms with van der Waals surface area (Å²) in [6, 6.07) is 4.94. The van der Waals surface area contributed by atoms with Crippen LogP contribution in [0.4, 0.5) is 0 Å². The van der Waals surface area contributed by atoms with Gasteiger partial charge in [-0.25, -0.2) is 0 Å². The number of carbonyl (C=O) groups excluding carboxylic acids is 1. The second-order valence-corrected chi connectivity index (χ2v) is 6.12. The van der Waals surface area contributed by atoms with Crippen molar-refractivity contribution in [3.8, 4) is 5.75 Å². The zero-order valence-electron chi connectivity index (χ0n) is 12.0. The molecule has 21 heavy (non-hydrogen) atoms. The fourth-order valence-corrected chi connectivity index (χ4v) is 2.77. The highest BCUT2D eigenvalue weighted by atomic mass is 35.5. The monoisotopic (exact) mass is 330 g/mol. The summed E-state index contributed by atoms with van der Waals surface area (Å²) < 4.78 is 5.57. The van der Waals surface area contributed by atoms with Crippen LogP contribution in [0.2, 0.25) is 10.0 Å². The zero-order valence-corrected chi connectivity index (χ0v) is 13.5. The minimum absolute atomic E-state index is 0.132. The summed E-state index contributed by atoms with van der Waals surface area (Å²) in [5.74, 6) is 0.989. The number of carbonyl (C=O) groups is 1. The smallest absolute Gasteiger partial charge is 0.260 e. The Morgan fingerprint density at radius 1 is 1.52 bits per heavy atom. The van der Waals surface area contributed by atoms with Crippen LogP contribution in [0.1, 0.15) is 19.8 Å². The molecule has 0 aliphatic carbocycles. The van der Waals surface area contributed by atoms with Crippen LogP contribution in [-0.2, 0) is 4.79 Å². The summed E-state index contributed by atoms with van der Waals surface area (Å²) >= 11 is 11.8. The number of amides is 1. The lowest BCUT2D eigenvalue weighted by atomic mass is 10.1. The average molecular weight is 331 g/mol. The molecular formula is C15H20Cl2N2O2. The lowest BCUT2D eigenvalue weighted by Gasteiger charge is -2.16. The van der Waals surface area contributed by atoms with Crippen molar-refractivity contribution in [3.63, 3.8) is 0 Å². The maximum atomic E-state index is 12.0. The van der Waals surface area contributed by atoms with E-state index in [1.165, 1.54) is 6.42 Å². The molecule has 0 bridgehead atoms. The van der Waals surface area contributed by atoms with Crippen molar-refractivity contribution in [2.45, 2.75) is 25.9 Å². The number of rotatable bonds is 6. The molecule has 1 aromatic carbocycles. The van der Waals surface area contributed by atoms with Crippen LogP contribution in [0.15, 0.2) is 18.2 Å². The number of hydrogen-bond donors (Lipinski definition) is 2. The standard InChI is InChI=1S/C15H20Cl2N2O2/c1-10(21-14-3-2-12(16)8-13(14)17)15(20)19-7-5-11-4-6-18-9-11/h2-3,8,10-11,18H,4-7,9H2,1H3,(H,19,20). The maximum absolute atomic E-state index is 12.0. The molecule has 2 rings (SSSR count). The fourth-order valence-electron chi connectivity index (χ4n) is 2.32. The van der Waals surface area contributed by atoms with Crippen LogP contribution < -0.4 is 15.4 Å². The minimum atomic E-state index is -0.592. The van der Waals surface area contributed by atoms with Gasteiger partial charge in [-0.1, -0.05) is 23.2 Å². The van der Waals surface area contributed by atoms with E-state index < -0.39 is 6.10 Å². The van der Waals surface area contributed by atoms with Gasteiger partial charge in [-0.2, -0.15) is 0 Å². The van der Waals surface area contributed by atoms with Crippen LogP contribution in [0.3, 0.4) is 0 Å². The van der Waals surface area contributed by atoms with Crippen LogP contribution in [0, 0.1) is 5.92 Å². The highest BCUT2D eigenvalue weighted by Gasteiger charge is 2.18. The first-order valence-electron chi connectivity index (χ1n) is 7.16. The first-order chi connectivity index (χ1) is 10.1. The summed E-state index contributed by atoms with van der Waals surface area (Å²) in [5, 5.41) is 7.15. The van der Waals surface area contributed by atoms with Gasteiger partial charge in [0.25, 0.3) is 5.91 Å². The number of nitrogens with one attached hydrogen (secondary N) is 2. The summed E-state index contributed by atoms with van der Waals surface area (Å²) in [7, 11) is 0. The van der Waals surface area contributed by atoms with Gasteiger partial charge in [0.1, 0.15) is 5.75 Å². The van der Waals surface area contributed by atoms with Crippen molar-refractivity contribution in [1.29, 1.82) is 0 Å². The quantitative estimate of drug-likeness (QED) is 0.843. The third-order valence-electron chi connectivity index (χ3n) is 3.58. The number of hydrogen-bond acceptors (Lipinski definition) is 3. The van der Waals surface area contributed by atoms with E-state index in [2.05, 4.69) is 10.6 Å². The van der Waals surface area contributed by atoms with E-state index in [4.69, 9.17) is 27.9 Å². The predicted molar refractivity (Wildman–Crippen MR) is 85.2 cm³/mol. The summed E-state index contributed by atoms with van der Waals surface area (Å²) in [4.78, 5) is 12.0. The van der Waals surface area contributed by atoms with Gasteiger partial charge in [0, 0.05) is 11.6 Å². The summed E-state index contributed by atoms with van der Waals surface area (Å²) in [5.41, 5.74) is 0. The van der Waals surface area contributed by atoms with Crippen molar-refractivity contribution in [3.05, 3.63) is 28.2 Å². The molecule has 1 saturated heterocycles. The Balaban J connectivity index is 1.76. The van der Waals surface area contributed by atoms with E-state index in [0.29, 0.717) is 28.3 Å². The van der Waals surface area contributed by atoms with Gasteiger partial charge in [-0.3, -0.25) is 4.79 Å². The van der Waals surface area contributed by atoms with Crippen molar-refractivity contribution in [2.24, 2.45) is 5.92 Å². The van der Waals surface area contributed by atoms with Crippen LogP contribution in [-0.4, -0.2) is 31.6 Å². The van der Waals surface area contributed by atoms with E-state index in [9.17, 15) is 4.79 Å². The number of benzene rings is 1. The van der Waals surface area contributed by atoms with Crippen LogP contribution >= 0.6 is 23.2 Å². The van der Waals surface area contributed by atoms with Gasteiger partial charge in [-0.05, 0) is 57.0 Å². The molecule has 0 saturated carbocycles. The first-order valence-corrected chi connectivity index (χ1v) is 7.92. The molecule has 0 spiro atoms. The first kappa shape index (κ1) is 16.4. The van der Waals surface area contributed by atoms with E-state index >= 15 is 0 Å². The van der Waals surface area contributed by atoms with E-state index in [0.717, 1.165) is 19.5 Å². The Morgan fingerprint density at radius 3 is 3.00 bits per heavy atom. The van der Waals surface area contributed by atoms with Crippen LogP contribution in [0.25, 0.3) is 0 Å². The van der Waals surface area contributed by atoms with Gasteiger partial charge in [0.15, 0.2) is 6.10 Å². The van der Waals surface area contributed by atoms with Crippen molar-refractivity contribution < 1.29 is 9.53 Å². The number of halogens is 2.